The zero-order chi connectivity index (χ0) is 16.7. The Hall–Kier alpha value is -2.88. The lowest BCUT2D eigenvalue weighted by Crippen LogP contribution is -2.45. The first-order valence-corrected chi connectivity index (χ1v) is 6.57. The Morgan fingerprint density at radius 2 is 2.00 bits per heavy atom. The van der Waals surface area contributed by atoms with Gasteiger partial charge < -0.3 is 15.8 Å². The molecule has 0 aromatic heterocycles. The summed E-state index contributed by atoms with van der Waals surface area (Å²) in [7, 11) is 1.24. The molecule has 7 heteroatoms. The minimum absolute atomic E-state index is 0.119. The molecule has 0 aliphatic rings. The van der Waals surface area contributed by atoms with Crippen LogP contribution in [0.1, 0.15) is 34.1 Å². The van der Waals surface area contributed by atoms with E-state index in [0.717, 1.165) is 0 Å². The van der Waals surface area contributed by atoms with Crippen LogP contribution < -0.4 is 11.1 Å². The standard InChI is InChI=1S/C15H17N3O4/c1-9(8-16)6-12(13(17)19)18-14(20)10-4-3-5-11(7-10)15(21)22-2/h3-5,7,9,12H,6H2,1-2H3,(H2,17,19)(H,18,20)/t9-,12-/m1/s1. The van der Waals surface area contributed by atoms with Gasteiger partial charge in [0.25, 0.3) is 5.91 Å². The summed E-state index contributed by atoms with van der Waals surface area (Å²) in [6.07, 6.45) is 0.119. The van der Waals surface area contributed by atoms with Crippen molar-refractivity contribution in [2.24, 2.45) is 11.7 Å². The van der Waals surface area contributed by atoms with Crippen LogP contribution >= 0.6 is 0 Å². The van der Waals surface area contributed by atoms with Crippen LogP contribution in [0.25, 0.3) is 0 Å². The van der Waals surface area contributed by atoms with Gasteiger partial charge in [-0.25, -0.2) is 4.79 Å². The molecule has 0 saturated carbocycles. The Bertz CT molecular complexity index is 621. The molecule has 2 atom stereocenters. The lowest BCUT2D eigenvalue weighted by molar-refractivity contribution is -0.120. The summed E-state index contributed by atoms with van der Waals surface area (Å²) < 4.78 is 4.58. The molecule has 1 aromatic rings. The van der Waals surface area contributed by atoms with Gasteiger partial charge in [-0.05, 0) is 31.5 Å². The molecule has 2 amide bonds. The maximum absolute atomic E-state index is 12.1. The Balaban J connectivity index is 2.89. The molecule has 0 spiro atoms. The Labute approximate surface area is 128 Å². The third-order valence-electron chi connectivity index (χ3n) is 3.00. The van der Waals surface area contributed by atoms with Crippen molar-refractivity contribution < 1.29 is 19.1 Å². The molecule has 0 aliphatic heterocycles. The maximum Gasteiger partial charge on any atom is 0.337 e. The van der Waals surface area contributed by atoms with E-state index in [-0.39, 0.29) is 17.5 Å². The number of hydrogen-bond acceptors (Lipinski definition) is 5. The molecule has 22 heavy (non-hydrogen) atoms. The SMILES string of the molecule is COC(=O)c1cccc(C(=O)N[C@H](C[C@@H](C)C#N)C(N)=O)c1. The lowest BCUT2D eigenvalue weighted by Gasteiger charge is -2.16. The van der Waals surface area contributed by atoms with Gasteiger partial charge in [0.15, 0.2) is 0 Å². The van der Waals surface area contributed by atoms with Gasteiger partial charge in [0, 0.05) is 11.5 Å². The molecular weight excluding hydrogens is 286 g/mol. The monoisotopic (exact) mass is 303 g/mol. The Morgan fingerprint density at radius 1 is 1.36 bits per heavy atom. The highest BCUT2D eigenvalue weighted by atomic mass is 16.5. The minimum atomic E-state index is -0.955. The van der Waals surface area contributed by atoms with Crippen LogP contribution in [0.2, 0.25) is 0 Å². The molecule has 0 unspecified atom stereocenters. The molecule has 0 aliphatic carbocycles. The number of amides is 2. The second kappa shape index (κ2) is 7.78. The van der Waals surface area contributed by atoms with E-state index in [1.165, 1.54) is 31.4 Å². The zero-order valence-corrected chi connectivity index (χ0v) is 12.3. The average Bonchev–Trinajstić information content (AvgIpc) is 2.53. The summed E-state index contributed by atoms with van der Waals surface area (Å²) >= 11 is 0. The van der Waals surface area contributed by atoms with Crippen LogP contribution in [-0.4, -0.2) is 30.9 Å². The van der Waals surface area contributed by atoms with Crippen LogP contribution in [0.3, 0.4) is 0 Å². The summed E-state index contributed by atoms with van der Waals surface area (Å²) in [6.45, 7) is 1.62. The third kappa shape index (κ3) is 4.59. The van der Waals surface area contributed by atoms with Crippen LogP contribution in [-0.2, 0) is 9.53 Å². The predicted molar refractivity (Wildman–Crippen MR) is 77.6 cm³/mol. The second-order valence-electron chi connectivity index (χ2n) is 4.77. The number of esters is 1. The number of nitrogens with zero attached hydrogens (tertiary/aromatic N) is 1. The molecule has 7 nitrogen and oxygen atoms in total. The summed E-state index contributed by atoms with van der Waals surface area (Å²) in [5, 5.41) is 11.2. The highest BCUT2D eigenvalue weighted by Crippen LogP contribution is 2.09. The number of nitriles is 1. The molecule has 0 heterocycles. The van der Waals surface area contributed by atoms with Crippen molar-refractivity contribution in [3.05, 3.63) is 35.4 Å². The fourth-order valence-corrected chi connectivity index (χ4v) is 1.80. The Kier molecular flexibility index (Phi) is 6.08. The number of hydrogen-bond donors (Lipinski definition) is 2. The molecule has 116 valence electrons. The third-order valence-corrected chi connectivity index (χ3v) is 3.00. The molecule has 3 N–H and O–H groups in total. The van der Waals surface area contributed by atoms with E-state index in [1.807, 2.05) is 6.07 Å². The average molecular weight is 303 g/mol. The van der Waals surface area contributed by atoms with Gasteiger partial charge in [-0.1, -0.05) is 6.07 Å². The van der Waals surface area contributed by atoms with E-state index in [0.29, 0.717) is 0 Å². The van der Waals surface area contributed by atoms with Crippen molar-refractivity contribution in [1.82, 2.24) is 5.32 Å². The van der Waals surface area contributed by atoms with E-state index in [1.54, 1.807) is 6.92 Å². The topological polar surface area (TPSA) is 122 Å². The number of ether oxygens (including phenoxy) is 1. The van der Waals surface area contributed by atoms with E-state index in [4.69, 9.17) is 11.0 Å². The first-order valence-electron chi connectivity index (χ1n) is 6.57. The van der Waals surface area contributed by atoms with Crippen molar-refractivity contribution in [3.63, 3.8) is 0 Å². The fourth-order valence-electron chi connectivity index (χ4n) is 1.80. The smallest absolute Gasteiger partial charge is 0.337 e. The quantitative estimate of drug-likeness (QED) is 0.745. The fraction of sp³-hybridized carbons (Fsp3) is 0.333. The van der Waals surface area contributed by atoms with Gasteiger partial charge in [0.05, 0.1) is 18.7 Å². The molecule has 0 fully saturated rings. The van der Waals surface area contributed by atoms with Gasteiger partial charge in [-0.15, -0.1) is 0 Å². The van der Waals surface area contributed by atoms with E-state index in [9.17, 15) is 14.4 Å². The predicted octanol–water partition coefficient (Wildman–Crippen LogP) is 0.607. The van der Waals surface area contributed by atoms with Crippen LogP contribution in [0.15, 0.2) is 24.3 Å². The normalized spacial score (nSPS) is 12.6. The van der Waals surface area contributed by atoms with Gasteiger partial charge in [0.2, 0.25) is 5.91 Å². The van der Waals surface area contributed by atoms with E-state index < -0.39 is 29.7 Å². The highest BCUT2D eigenvalue weighted by molar-refractivity contribution is 5.99. The lowest BCUT2D eigenvalue weighted by atomic mass is 10.0. The van der Waals surface area contributed by atoms with Crippen molar-refractivity contribution in [2.75, 3.05) is 7.11 Å². The first-order chi connectivity index (χ1) is 10.4. The zero-order valence-electron chi connectivity index (χ0n) is 12.3. The number of rotatable bonds is 6. The van der Waals surface area contributed by atoms with Crippen molar-refractivity contribution in [2.45, 2.75) is 19.4 Å². The van der Waals surface area contributed by atoms with Crippen LogP contribution in [0, 0.1) is 17.2 Å². The van der Waals surface area contributed by atoms with Crippen LogP contribution in [0.5, 0.6) is 0 Å². The first kappa shape index (κ1) is 17.2. The molecule has 0 bridgehead atoms. The maximum atomic E-state index is 12.1. The van der Waals surface area contributed by atoms with Crippen molar-refractivity contribution in [3.8, 4) is 6.07 Å². The number of nitrogens with one attached hydrogen (secondary N) is 1. The molecule has 0 saturated heterocycles. The van der Waals surface area contributed by atoms with Gasteiger partial charge in [-0.3, -0.25) is 9.59 Å². The number of carbonyl (C=O) groups excluding carboxylic acids is 3. The van der Waals surface area contributed by atoms with Crippen molar-refractivity contribution >= 4 is 17.8 Å². The van der Waals surface area contributed by atoms with E-state index in [2.05, 4.69) is 10.1 Å². The number of primary amides is 1. The van der Waals surface area contributed by atoms with E-state index >= 15 is 0 Å². The largest absolute Gasteiger partial charge is 0.465 e. The number of methoxy groups -OCH3 is 1. The summed E-state index contributed by atoms with van der Waals surface area (Å²) in [4.78, 5) is 34.9. The van der Waals surface area contributed by atoms with Crippen molar-refractivity contribution in [1.29, 1.82) is 5.26 Å². The molecule has 1 aromatic carbocycles. The minimum Gasteiger partial charge on any atom is -0.465 e. The molecule has 1 rings (SSSR count). The summed E-state index contributed by atoms with van der Waals surface area (Å²) in [5.74, 6) is -2.28. The van der Waals surface area contributed by atoms with Crippen LogP contribution in [0.4, 0.5) is 0 Å². The summed E-state index contributed by atoms with van der Waals surface area (Å²) in [5.41, 5.74) is 5.64. The van der Waals surface area contributed by atoms with Gasteiger partial charge in [-0.2, -0.15) is 5.26 Å². The van der Waals surface area contributed by atoms with Gasteiger partial charge >= 0.3 is 5.97 Å². The Morgan fingerprint density at radius 3 is 2.55 bits per heavy atom. The second-order valence-corrected chi connectivity index (χ2v) is 4.77. The molecule has 0 radical (unpaired) electrons. The molecular formula is C15H17N3O4. The number of carbonyl (C=O) groups is 3. The number of nitrogens with two attached hydrogens (primary N) is 1. The number of benzene rings is 1. The highest BCUT2D eigenvalue weighted by Gasteiger charge is 2.22. The summed E-state index contributed by atoms with van der Waals surface area (Å²) in [6, 6.07) is 6.90. The van der Waals surface area contributed by atoms with Gasteiger partial charge in [0.1, 0.15) is 6.04 Å².